The number of aromatic hydroxyl groups is 1. The van der Waals surface area contributed by atoms with Gasteiger partial charge >= 0.3 is 5.97 Å². The van der Waals surface area contributed by atoms with Gasteiger partial charge in [0.25, 0.3) is 5.91 Å². The average Bonchev–Trinajstić information content (AvgIpc) is 2.33. The molecule has 18 heavy (non-hydrogen) atoms. The number of esters is 1. The maximum absolute atomic E-state index is 11.6. The van der Waals surface area contributed by atoms with Gasteiger partial charge in [-0.05, 0) is 25.5 Å². The zero-order valence-electron chi connectivity index (χ0n) is 10.3. The molecule has 0 radical (unpaired) electrons. The molecule has 0 aromatic heterocycles. The van der Waals surface area contributed by atoms with Crippen molar-refractivity contribution in [3.63, 3.8) is 0 Å². The molecule has 0 aliphatic rings. The molecule has 98 valence electrons. The van der Waals surface area contributed by atoms with Crippen molar-refractivity contribution in [1.82, 2.24) is 0 Å². The standard InChI is InChI=1S/C12H16N2O4/c1-3-18-12(17)10(13)11(16)14-8-5-4-7(2)9(15)6-8/h4-6,10,15H,3,13H2,1-2H3,(H,14,16). The minimum Gasteiger partial charge on any atom is -0.508 e. The van der Waals surface area contributed by atoms with Crippen LogP contribution in [-0.4, -0.2) is 29.6 Å². The summed E-state index contributed by atoms with van der Waals surface area (Å²) in [6.45, 7) is 3.51. The zero-order valence-corrected chi connectivity index (χ0v) is 10.3. The Labute approximate surface area is 105 Å². The van der Waals surface area contributed by atoms with Crippen LogP contribution < -0.4 is 11.1 Å². The maximum atomic E-state index is 11.6. The molecular weight excluding hydrogens is 236 g/mol. The van der Waals surface area contributed by atoms with Crippen LogP contribution in [0.3, 0.4) is 0 Å². The first kappa shape index (κ1) is 14.0. The summed E-state index contributed by atoms with van der Waals surface area (Å²) < 4.78 is 4.63. The van der Waals surface area contributed by atoms with Gasteiger partial charge in [0, 0.05) is 11.8 Å². The smallest absolute Gasteiger partial charge is 0.332 e. The first-order valence-electron chi connectivity index (χ1n) is 5.48. The largest absolute Gasteiger partial charge is 0.508 e. The van der Waals surface area contributed by atoms with E-state index in [2.05, 4.69) is 10.1 Å². The first-order valence-corrected chi connectivity index (χ1v) is 5.48. The quantitative estimate of drug-likeness (QED) is 0.536. The van der Waals surface area contributed by atoms with E-state index in [-0.39, 0.29) is 12.4 Å². The van der Waals surface area contributed by atoms with E-state index in [0.717, 1.165) is 0 Å². The van der Waals surface area contributed by atoms with Gasteiger partial charge < -0.3 is 20.9 Å². The predicted molar refractivity (Wildman–Crippen MR) is 66.1 cm³/mol. The van der Waals surface area contributed by atoms with E-state index in [1.807, 2.05) is 0 Å². The molecule has 0 saturated carbocycles. The van der Waals surface area contributed by atoms with Crippen molar-refractivity contribution in [1.29, 1.82) is 0 Å². The summed E-state index contributed by atoms with van der Waals surface area (Å²) in [4.78, 5) is 22.8. The van der Waals surface area contributed by atoms with E-state index < -0.39 is 17.9 Å². The Hall–Kier alpha value is -2.08. The number of carbonyl (C=O) groups is 2. The van der Waals surface area contributed by atoms with E-state index >= 15 is 0 Å². The number of nitrogens with two attached hydrogens (primary N) is 1. The fourth-order valence-electron chi connectivity index (χ4n) is 1.25. The van der Waals surface area contributed by atoms with Gasteiger partial charge in [-0.15, -0.1) is 0 Å². The number of phenolic OH excluding ortho intramolecular Hbond substituents is 1. The molecule has 0 heterocycles. The van der Waals surface area contributed by atoms with Crippen molar-refractivity contribution >= 4 is 17.6 Å². The Morgan fingerprint density at radius 3 is 2.72 bits per heavy atom. The van der Waals surface area contributed by atoms with E-state index in [1.165, 1.54) is 6.07 Å². The second-order valence-corrected chi connectivity index (χ2v) is 3.72. The number of benzene rings is 1. The third kappa shape index (κ3) is 3.46. The Balaban J connectivity index is 2.69. The van der Waals surface area contributed by atoms with Gasteiger partial charge in [-0.3, -0.25) is 4.79 Å². The van der Waals surface area contributed by atoms with Crippen molar-refractivity contribution in [2.75, 3.05) is 11.9 Å². The van der Waals surface area contributed by atoms with Crippen molar-refractivity contribution in [3.05, 3.63) is 23.8 Å². The van der Waals surface area contributed by atoms with Gasteiger partial charge in [0.1, 0.15) is 5.75 Å². The van der Waals surface area contributed by atoms with Crippen molar-refractivity contribution in [2.24, 2.45) is 5.73 Å². The molecule has 0 saturated heterocycles. The molecular formula is C12H16N2O4. The lowest BCUT2D eigenvalue weighted by atomic mass is 10.2. The Morgan fingerprint density at radius 1 is 1.50 bits per heavy atom. The van der Waals surface area contributed by atoms with Crippen LogP contribution in [0, 0.1) is 6.92 Å². The SMILES string of the molecule is CCOC(=O)C(N)C(=O)Nc1ccc(C)c(O)c1. The van der Waals surface area contributed by atoms with Crippen LogP contribution in [0.1, 0.15) is 12.5 Å². The first-order chi connectivity index (χ1) is 8.45. The van der Waals surface area contributed by atoms with Crippen molar-refractivity contribution in [3.8, 4) is 5.75 Å². The van der Waals surface area contributed by atoms with E-state index in [1.54, 1.807) is 26.0 Å². The number of ether oxygens (including phenoxy) is 1. The fourth-order valence-corrected chi connectivity index (χ4v) is 1.25. The van der Waals surface area contributed by atoms with Gasteiger partial charge in [-0.1, -0.05) is 6.07 Å². The molecule has 1 unspecified atom stereocenters. The van der Waals surface area contributed by atoms with Crippen LogP contribution in [0.4, 0.5) is 5.69 Å². The molecule has 4 N–H and O–H groups in total. The van der Waals surface area contributed by atoms with E-state index in [9.17, 15) is 14.7 Å². The van der Waals surface area contributed by atoms with Gasteiger partial charge in [0.05, 0.1) is 6.61 Å². The number of aryl methyl sites for hydroxylation is 1. The summed E-state index contributed by atoms with van der Waals surface area (Å²) in [5.74, 6) is -1.42. The molecule has 0 aliphatic heterocycles. The van der Waals surface area contributed by atoms with Gasteiger partial charge in [-0.25, -0.2) is 4.79 Å². The predicted octanol–water partition coefficient (Wildman–Crippen LogP) is 0.530. The van der Waals surface area contributed by atoms with Crippen molar-refractivity contribution in [2.45, 2.75) is 19.9 Å². The number of anilines is 1. The van der Waals surface area contributed by atoms with Crippen LogP contribution in [-0.2, 0) is 14.3 Å². The molecule has 1 aromatic carbocycles. The average molecular weight is 252 g/mol. The zero-order chi connectivity index (χ0) is 13.7. The molecule has 0 fully saturated rings. The van der Waals surface area contributed by atoms with Gasteiger partial charge in [-0.2, -0.15) is 0 Å². The highest BCUT2D eigenvalue weighted by atomic mass is 16.5. The third-order valence-corrected chi connectivity index (χ3v) is 2.30. The number of amides is 1. The molecule has 1 aromatic rings. The van der Waals surface area contributed by atoms with E-state index in [0.29, 0.717) is 11.3 Å². The lowest BCUT2D eigenvalue weighted by Crippen LogP contribution is -2.43. The third-order valence-electron chi connectivity index (χ3n) is 2.30. The van der Waals surface area contributed by atoms with Crippen LogP contribution in [0.5, 0.6) is 5.75 Å². The van der Waals surface area contributed by atoms with Crippen LogP contribution in [0.2, 0.25) is 0 Å². The summed E-state index contributed by atoms with van der Waals surface area (Å²) in [5, 5.41) is 11.9. The molecule has 1 amide bonds. The topological polar surface area (TPSA) is 102 Å². The highest BCUT2D eigenvalue weighted by molar-refractivity contribution is 6.08. The monoisotopic (exact) mass is 252 g/mol. The Bertz CT molecular complexity index is 459. The molecule has 0 bridgehead atoms. The van der Waals surface area contributed by atoms with E-state index in [4.69, 9.17) is 5.73 Å². The lowest BCUT2D eigenvalue weighted by Gasteiger charge is -2.11. The summed E-state index contributed by atoms with van der Waals surface area (Å²) >= 11 is 0. The number of hydrogen-bond acceptors (Lipinski definition) is 5. The highest BCUT2D eigenvalue weighted by Crippen LogP contribution is 2.20. The number of rotatable bonds is 4. The summed E-state index contributed by atoms with van der Waals surface area (Å²) in [6.07, 6.45) is 0. The van der Waals surface area contributed by atoms with Gasteiger partial charge in [0.15, 0.2) is 6.04 Å². The highest BCUT2D eigenvalue weighted by Gasteiger charge is 2.23. The van der Waals surface area contributed by atoms with Crippen LogP contribution in [0.25, 0.3) is 0 Å². The number of phenols is 1. The molecule has 1 atom stereocenters. The van der Waals surface area contributed by atoms with Crippen molar-refractivity contribution < 1.29 is 19.4 Å². The minimum absolute atomic E-state index is 0.0532. The summed E-state index contributed by atoms with van der Waals surface area (Å²) in [5.41, 5.74) is 6.46. The number of carbonyl (C=O) groups excluding carboxylic acids is 2. The fraction of sp³-hybridized carbons (Fsp3) is 0.333. The summed E-state index contributed by atoms with van der Waals surface area (Å²) in [7, 11) is 0. The molecule has 0 spiro atoms. The van der Waals surface area contributed by atoms with Crippen LogP contribution in [0.15, 0.2) is 18.2 Å². The molecule has 6 heteroatoms. The normalized spacial score (nSPS) is 11.7. The second kappa shape index (κ2) is 6.02. The summed E-state index contributed by atoms with van der Waals surface area (Å²) in [6, 6.07) is 3.24. The number of hydrogen-bond donors (Lipinski definition) is 3. The van der Waals surface area contributed by atoms with Crippen LogP contribution >= 0.6 is 0 Å². The Morgan fingerprint density at radius 2 is 2.17 bits per heavy atom. The Kier molecular flexibility index (Phi) is 4.67. The van der Waals surface area contributed by atoms with Gasteiger partial charge in [0.2, 0.25) is 0 Å². The maximum Gasteiger partial charge on any atom is 0.332 e. The lowest BCUT2D eigenvalue weighted by molar-refractivity contribution is -0.146. The minimum atomic E-state index is -1.38. The molecule has 1 rings (SSSR count). The molecule has 0 aliphatic carbocycles. The number of nitrogens with one attached hydrogen (secondary N) is 1. The molecule has 6 nitrogen and oxygen atoms in total. The second-order valence-electron chi connectivity index (χ2n) is 3.72.